The van der Waals surface area contributed by atoms with Gasteiger partial charge in [-0.2, -0.15) is 21.6 Å². The van der Waals surface area contributed by atoms with Crippen LogP contribution in [0.15, 0.2) is 207 Å². The molecule has 102 heavy (non-hydrogen) atoms. The molecule has 0 bridgehead atoms. The summed E-state index contributed by atoms with van der Waals surface area (Å²) in [4.78, 5) is 64.5. The standard InChI is InChI=1S/C35H30FN2O8P.C20H15FN2O5.C16H16F3O6PS/c1-42-22-43-33-30-29(34(39)38(35(30)40)19-24-14-16-27(36)17-15-24)32(28-13-8-18-37-31(28)33)44-23-47(41,45-20-25-9-4-2-5-10-25)46-21-26-11-6-3-7-12-26;1-27-10-28-18-15-14(17(24)13-3-2-8-22-16(13)18)19(25)23(20(15)26)9-11-4-6-12(21)7-5-11;17-16(18,19)27(21,22)25-13-26(20,23-11-14-7-3-1-4-8-14)24-12-15-9-5-2-6-10-15/h2-18H,19-23H2,1H3;2-8,24H,9-10H2,1H3;1-10H,11-13H2. The lowest BCUT2D eigenvalue weighted by molar-refractivity contribution is -0.0534. The number of ether oxygens (including phenoxy) is 5. The molecule has 1 N–H and O–H groups in total. The molecule has 12 rings (SSSR count). The second-order valence-electron chi connectivity index (χ2n) is 22.1. The van der Waals surface area contributed by atoms with Gasteiger partial charge in [0.15, 0.2) is 37.8 Å². The number of imide groups is 2. The lowest BCUT2D eigenvalue weighted by Gasteiger charge is -2.21. The van der Waals surface area contributed by atoms with E-state index in [1.165, 1.54) is 75.1 Å². The maximum Gasteiger partial charge on any atom is 0.523 e. The Labute approximate surface area is 580 Å². The van der Waals surface area contributed by atoms with Gasteiger partial charge in [0.05, 0.1) is 50.6 Å². The first-order valence-corrected chi connectivity index (χ1v) is 35.4. The van der Waals surface area contributed by atoms with Crippen LogP contribution in [-0.4, -0.2) is 103 Å². The van der Waals surface area contributed by atoms with Crippen LogP contribution in [0.1, 0.15) is 74.8 Å². The smallest absolute Gasteiger partial charge is 0.506 e. The molecule has 31 heteroatoms. The van der Waals surface area contributed by atoms with Gasteiger partial charge in [-0.15, -0.1) is 0 Å². The van der Waals surface area contributed by atoms with Gasteiger partial charge in [0.1, 0.15) is 45.3 Å². The molecule has 0 radical (unpaired) electrons. The zero-order valence-corrected chi connectivity index (χ0v) is 56.6. The Morgan fingerprint density at radius 2 is 0.775 bits per heavy atom. The fourth-order valence-corrected chi connectivity index (χ4v) is 13.4. The number of hydrogen-bond acceptors (Lipinski definition) is 21. The molecule has 2 aromatic heterocycles. The van der Waals surface area contributed by atoms with Crippen molar-refractivity contribution in [2.75, 3.05) is 40.5 Å². The van der Waals surface area contributed by atoms with E-state index in [-0.39, 0.29) is 115 Å². The minimum absolute atomic E-state index is 0.0245. The van der Waals surface area contributed by atoms with Crippen LogP contribution in [0.4, 0.5) is 22.0 Å². The second kappa shape index (κ2) is 33.5. The lowest BCUT2D eigenvalue weighted by Crippen LogP contribution is -2.29. The highest BCUT2D eigenvalue weighted by atomic mass is 32.2. The number of phenols is 1. The van der Waals surface area contributed by atoms with Gasteiger partial charge >= 0.3 is 30.8 Å². The van der Waals surface area contributed by atoms with Crippen molar-refractivity contribution in [3.63, 3.8) is 0 Å². The van der Waals surface area contributed by atoms with Crippen molar-refractivity contribution < 1.29 is 110 Å². The highest BCUT2D eigenvalue weighted by molar-refractivity contribution is 7.87. The maximum absolute atomic E-state index is 14.2. The molecule has 2 aliphatic heterocycles. The SMILES string of the molecule is COCOc1c2c(c(O)c3cccnc13)C(=O)N(Cc1ccc(F)cc1)C2=O.COCOc1c2c(c(OCP(=O)(OCc3ccccc3)OCc3ccccc3)c3cccnc13)C(=O)N(Cc1ccc(F)cc1)C2=O.O=P(COS(=O)(=O)C(F)(F)F)(OCc1ccccc1)OCc1ccccc1. The van der Waals surface area contributed by atoms with Crippen LogP contribution in [0.5, 0.6) is 23.0 Å². The Bertz CT molecular complexity index is 4760. The third-order valence-electron chi connectivity index (χ3n) is 15.0. The second-order valence-corrected chi connectivity index (χ2v) is 27.7. The summed E-state index contributed by atoms with van der Waals surface area (Å²) in [5, 5.41) is 11.3. The molecular formula is C71H61F5N4O19P2S. The quantitative estimate of drug-likeness (QED) is 0.0119. The number of aromatic nitrogens is 2. The van der Waals surface area contributed by atoms with E-state index >= 15 is 0 Å². The van der Waals surface area contributed by atoms with Gasteiger partial charge < -0.3 is 46.9 Å². The van der Waals surface area contributed by atoms with Crippen molar-refractivity contribution in [3.05, 3.63) is 274 Å². The number of amides is 4. The van der Waals surface area contributed by atoms with Crippen molar-refractivity contribution in [2.24, 2.45) is 0 Å². The molecule has 530 valence electrons. The van der Waals surface area contributed by atoms with Crippen LogP contribution < -0.4 is 14.2 Å². The molecular weight excluding hydrogens is 1400 g/mol. The normalized spacial score (nSPS) is 13.0. The first kappa shape index (κ1) is 74.5. The van der Waals surface area contributed by atoms with Crippen molar-refractivity contribution in [1.82, 2.24) is 19.8 Å². The number of alkyl halides is 3. The van der Waals surface area contributed by atoms with Gasteiger partial charge in [0, 0.05) is 37.4 Å². The molecule has 0 aliphatic carbocycles. The number of methoxy groups -OCH3 is 2. The van der Waals surface area contributed by atoms with Crippen LogP contribution >= 0.6 is 15.2 Å². The van der Waals surface area contributed by atoms with Gasteiger partial charge in [-0.3, -0.25) is 52.3 Å². The fourth-order valence-electron chi connectivity index (χ4n) is 10.1. The number of pyridine rings is 2. The largest absolute Gasteiger partial charge is 0.523 e. The molecule has 8 aromatic carbocycles. The first-order valence-electron chi connectivity index (χ1n) is 30.5. The van der Waals surface area contributed by atoms with Gasteiger partial charge in [0.25, 0.3) is 23.6 Å². The average Bonchev–Trinajstić information content (AvgIpc) is 1.56. The molecule has 0 saturated heterocycles. The number of carbonyl (C=O) groups is 4. The van der Waals surface area contributed by atoms with Crippen LogP contribution in [0.25, 0.3) is 21.8 Å². The van der Waals surface area contributed by atoms with Gasteiger partial charge in [-0.1, -0.05) is 146 Å². The van der Waals surface area contributed by atoms with E-state index in [9.17, 15) is 63.8 Å². The summed E-state index contributed by atoms with van der Waals surface area (Å²) in [6.07, 6.45) is 1.02. The average molecular weight is 1460 g/mol. The maximum atomic E-state index is 14.2. The van der Waals surface area contributed by atoms with Crippen molar-refractivity contribution in [3.8, 4) is 23.0 Å². The molecule has 0 unspecified atom stereocenters. The highest BCUT2D eigenvalue weighted by Gasteiger charge is 2.49. The van der Waals surface area contributed by atoms with Crippen molar-refractivity contribution >= 4 is 70.7 Å². The lowest BCUT2D eigenvalue weighted by atomic mass is 10.0. The van der Waals surface area contributed by atoms with Crippen LogP contribution in [0.2, 0.25) is 0 Å². The van der Waals surface area contributed by atoms with E-state index in [1.54, 1.807) is 84.9 Å². The molecule has 2 aliphatic rings. The number of phenolic OH excluding ortho intramolecular Hbond substituents is 1. The summed E-state index contributed by atoms with van der Waals surface area (Å²) in [6.45, 7) is -1.18. The Morgan fingerprint density at radius 3 is 1.16 bits per heavy atom. The number of fused-ring (bicyclic) bond motifs is 4. The summed E-state index contributed by atoms with van der Waals surface area (Å²) in [5.74, 6) is -3.75. The van der Waals surface area contributed by atoms with E-state index in [0.717, 1.165) is 20.9 Å². The van der Waals surface area contributed by atoms with E-state index in [2.05, 4.69) is 14.2 Å². The molecule has 10 aromatic rings. The fraction of sp³-hybridized carbons (Fsp3) is 0.183. The Balaban J connectivity index is 0.000000175. The molecule has 4 amide bonds. The van der Waals surface area contributed by atoms with E-state index in [0.29, 0.717) is 27.6 Å². The van der Waals surface area contributed by atoms with Crippen LogP contribution in [-0.2, 0) is 90.5 Å². The highest BCUT2D eigenvalue weighted by Crippen LogP contribution is 2.53. The summed E-state index contributed by atoms with van der Waals surface area (Å²) in [6, 6.07) is 52.5. The zero-order chi connectivity index (χ0) is 72.6. The number of halogens is 5. The number of rotatable bonds is 28. The molecule has 0 saturated carbocycles. The Kier molecular flexibility index (Phi) is 24.5. The predicted octanol–water partition coefficient (Wildman–Crippen LogP) is 14.4. The Morgan fingerprint density at radius 1 is 0.431 bits per heavy atom. The van der Waals surface area contributed by atoms with Crippen molar-refractivity contribution in [2.45, 2.75) is 45.0 Å². The van der Waals surface area contributed by atoms with Crippen LogP contribution in [0, 0.1) is 11.6 Å². The number of carbonyl (C=O) groups excluding carboxylic acids is 4. The molecule has 0 atom stereocenters. The van der Waals surface area contributed by atoms with Gasteiger partial charge in [0.2, 0.25) is 0 Å². The summed E-state index contributed by atoms with van der Waals surface area (Å²) in [7, 11) is -11.4. The Hall–Kier alpha value is -10.2. The molecule has 4 heterocycles. The van der Waals surface area contributed by atoms with Crippen LogP contribution in [0.3, 0.4) is 0 Å². The van der Waals surface area contributed by atoms with Gasteiger partial charge in [-0.05, 0) is 81.9 Å². The van der Waals surface area contributed by atoms with E-state index in [4.69, 9.17) is 41.8 Å². The molecule has 23 nitrogen and oxygen atoms in total. The molecule has 0 fully saturated rings. The minimum Gasteiger partial charge on any atom is -0.506 e. The number of benzene rings is 8. The predicted molar refractivity (Wildman–Crippen MR) is 358 cm³/mol. The molecule has 0 spiro atoms. The monoisotopic (exact) mass is 1460 g/mol. The number of aromatic hydroxyl groups is 1. The topological polar surface area (TPSA) is 281 Å². The summed E-state index contributed by atoms with van der Waals surface area (Å²) in [5.41, 5.74) is -1.78. The summed E-state index contributed by atoms with van der Waals surface area (Å²) < 4.78 is 167. The van der Waals surface area contributed by atoms with E-state index in [1.807, 2.05) is 60.7 Å². The van der Waals surface area contributed by atoms with Gasteiger partial charge in [-0.25, -0.2) is 8.78 Å². The minimum atomic E-state index is -5.93. The number of hydrogen-bond donors (Lipinski definition) is 1. The first-order chi connectivity index (χ1) is 49.0. The summed E-state index contributed by atoms with van der Waals surface area (Å²) >= 11 is 0. The zero-order valence-electron chi connectivity index (χ0n) is 54.0. The van der Waals surface area contributed by atoms with Crippen molar-refractivity contribution in [1.29, 1.82) is 0 Å². The number of nitrogens with zero attached hydrogens (tertiary/aromatic N) is 4. The third kappa shape index (κ3) is 18.1. The van der Waals surface area contributed by atoms with E-state index < -0.39 is 78.8 Å². The third-order valence-corrected chi connectivity index (χ3v) is 19.2.